The van der Waals surface area contributed by atoms with Crippen molar-refractivity contribution in [3.8, 4) is 0 Å². The Labute approximate surface area is 118 Å². The molecule has 0 saturated carbocycles. The normalized spacial score (nSPS) is 21.0. The lowest BCUT2D eigenvalue weighted by molar-refractivity contribution is 0.199. The van der Waals surface area contributed by atoms with Gasteiger partial charge >= 0.3 is 0 Å². The number of nitrogens with one attached hydrogen (secondary N) is 1. The predicted molar refractivity (Wildman–Crippen MR) is 78.9 cm³/mol. The summed E-state index contributed by atoms with van der Waals surface area (Å²) in [5.74, 6) is 0. The molecule has 1 atom stereocenters. The van der Waals surface area contributed by atoms with Crippen molar-refractivity contribution < 1.29 is 0 Å². The number of hydrogen-bond donors (Lipinski definition) is 1. The van der Waals surface area contributed by atoms with E-state index in [4.69, 9.17) is 0 Å². The fraction of sp³-hybridized carbons (Fsp3) is 0.538. The molecule has 1 aromatic rings. The topological polar surface area (TPSA) is 15.3 Å². The maximum absolute atomic E-state index is 3.51. The van der Waals surface area contributed by atoms with Crippen LogP contribution < -0.4 is 5.32 Å². The highest BCUT2D eigenvalue weighted by Crippen LogP contribution is 2.17. The second kappa shape index (κ2) is 6.74. The highest BCUT2D eigenvalue weighted by atomic mass is 79.9. The molecule has 96 valence electrons. The van der Waals surface area contributed by atoms with Gasteiger partial charge in [-0.25, -0.2) is 0 Å². The third kappa shape index (κ3) is 4.25. The van der Waals surface area contributed by atoms with Crippen LogP contribution >= 0.6 is 28.3 Å². The van der Waals surface area contributed by atoms with Crippen molar-refractivity contribution in [2.75, 3.05) is 19.6 Å². The first-order valence-electron chi connectivity index (χ1n) is 5.86. The quantitative estimate of drug-likeness (QED) is 0.901. The minimum Gasteiger partial charge on any atom is -0.312 e. The van der Waals surface area contributed by atoms with E-state index in [2.05, 4.69) is 58.2 Å². The van der Waals surface area contributed by atoms with Crippen molar-refractivity contribution in [3.63, 3.8) is 0 Å². The summed E-state index contributed by atoms with van der Waals surface area (Å²) in [5.41, 5.74) is 2.82. The molecule has 1 unspecified atom stereocenters. The lowest BCUT2D eigenvalue weighted by Gasteiger charge is -2.32. The zero-order chi connectivity index (χ0) is 11.5. The van der Waals surface area contributed by atoms with Crippen LogP contribution in [0.5, 0.6) is 0 Å². The molecule has 2 nitrogen and oxygen atoms in total. The van der Waals surface area contributed by atoms with Gasteiger partial charge < -0.3 is 5.32 Å². The maximum Gasteiger partial charge on any atom is 0.0237 e. The molecule has 4 heteroatoms. The summed E-state index contributed by atoms with van der Waals surface area (Å²) < 4.78 is 1.17. The molecule has 0 aromatic heterocycles. The first-order chi connectivity index (χ1) is 7.65. The van der Waals surface area contributed by atoms with Crippen LogP contribution in [0.15, 0.2) is 22.7 Å². The van der Waals surface area contributed by atoms with Crippen LogP contribution in [-0.4, -0.2) is 30.6 Å². The Hall–Kier alpha value is -0.0900. The number of hydrogen-bond acceptors (Lipinski definition) is 2. The molecule has 17 heavy (non-hydrogen) atoms. The molecule has 0 amide bonds. The largest absolute Gasteiger partial charge is 0.312 e. The molecule has 0 bridgehead atoms. The average Bonchev–Trinajstić information content (AvgIpc) is 2.22. The van der Waals surface area contributed by atoms with E-state index in [1.165, 1.54) is 15.6 Å². The number of halogens is 2. The van der Waals surface area contributed by atoms with Crippen molar-refractivity contribution in [1.29, 1.82) is 0 Å². The van der Waals surface area contributed by atoms with E-state index in [-0.39, 0.29) is 12.4 Å². The van der Waals surface area contributed by atoms with E-state index in [0.717, 1.165) is 26.2 Å². The summed E-state index contributed by atoms with van der Waals surface area (Å²) >= 11 is 3.51. The molecular formula is C13H20BrClN2. The molecule has 1 N–H and O–H groups in total. The van der Waals surface area contributed by atoms with E-state index in [1.54, 1.807) is 0 Å². The van der Waals surface area contributed by atoms with E-state index >= 15 is 0 Å². The van der Waals surface area contributed by atoms with Gasteiger partial charge in [-0.15, -0.1) is 12.4 Å². The smallest absolute Gasteiger partial charge is 0.0237 e. The molecule has 0 aliphatic carbocycles. The lowest BCUT2D eigenvalue weighted by Crippen LogP contribution is -2.48. The lowest BCUT2D eigenvalue weighted by atomic mass is 10.1. The van der Waals surface area contributed by atoms with Gasteiger partial charge in [-0.1, -0.05) is 22.0 Å². The molecular weight excluding hydrogens is 300 g/mol. The second-order valence-electron chi connectivity index (χ2n) is 4.66. The number of rotatable bonds is 2. The summed E-state index contributed by atoms with van der Waals surface area (Å²) in [6.45, 7) is 8.92. The summed E-state index contributed by atoms with van der Waals surface area (Å²) in [5, 5.41) is 3.47. The van der Waals surface area contributed by atoms with Gasteiger partial charge in [0.25, 0.3) is 0 Å². The monoisotopic (exact) mass is 318 g/mol. The zero-order valence-electron chi connectivity index (χ0n) is 10.4. The van der Waals surface area contributed by atoms with Gasteiger partial charge in [0, 0.05) is 36.7 Å². The third-order valence-corrected chi connectivity index (χ3v) is 3.64. The van der Waals surface area contributed by atoms with Crippen molar-refractivity contribution in [3.05, 3.63) is 33.8 Å². The molecule has 1 heterocycles. The predicted octanol–water partition coefficient (Wildman–Crippen LogP) is 2.97. The molecule has 1 saturated heterocycles. The molecule has 1 fully saturated rings. The Balaban J connectivity index is 0.00000144. The molecule has 0 radical (unpaired) electrons. The Morgan fingerprint density at radius 2 is 2.24 bits per heavy atom. The Morgan fingerprint density at radius 3 is 2.88 bits per heavy atom. The molecule has 1 aliphatic heterocycles. The van der Waals surface area contributed by atoms with E-state index in [1.807, 2.05) is 0 Å². The number of nitrogens with zero attached hydrogens (tertiary/aromatic N) is 1. The van der Waals surface area contributed by atoms with Gasteiger partial charge in [0.1, 0.15) is 0 Å². The number of aryl methyl sites for hydroxylation is 1. The van der Waals surface area contributed by atoms with Crippen LogP contribution in [-0.2, 0) is 6.54 Å². The maximum atomic E-state index is 3.51. The van der Waals surface area contributed by atoms with Gasteiger partial charge in [-0.05, 0) is 37.1 Å². The van der Waals surface area contributed by atoms with Crippen molar-refractivity contribution >= 4 is 28.3 Å². The van der Waals surface area contributed by atoms with E-state index < -0.39 is 0 Å². The Bertz CT molecular complexity index is 370. The standard InChI is InChI=1S/C13H19BrN2.ClH/c1-10-7-13(14)4-3-12(10)9-16-6-5-15-11(2)8-16;/h3-4,7,11,15H,5-6,8-9H2,1-2H3;1H. The van der Waals surface area contributed by atoms with E-state index in [9.17, 15) is 0 Å². The fourth-order valence-corrected chi connectivity index (χ4v) is 2.71. The minimum atomic E-state index is 0. The second-order valence-corrected chi connectivity index (χ2v) is 5.58. The summed E-state index contributed by atoms with van der Waals surface area (Å²) in [6.07, 6.45) is 0. The van der Waals surface area contributed by atoms with Crippen molar-refractivity contribution in [1.82, 2.24) is 10.2 Å². The van der Waals surface area contributed by atoms with E-state index in [0.29, 0.717) is 6.04 Å². The van der Waals surface area contributed by atoms with Crippen LogP contribution in [0.1, 0.15) is 18.1 Å². The Kier molecular flexibility index (Phi) is 5.93. The zero-order valence-corrected chi connectivity index (χ0v) is 12.8. The first-order valence-corrected chi connectivity index (χ1v) is 6.65. The van der Waals surface area contributed by atoms with Crippen LogP contribution in [0.3, 0.4) is 0 Å². The number of piperazine rings is 1. The Morgan fingerprint density at radius 1 is 1.47 bits per heavy atom. The number of benzene rings is 1. The molecule has 1 aliphatic rings. The van der Waals surface area contributed by atoms with Crippen LogP contribution in [0.2, 0.25) is 0 Å². The van der Waals surface area contributed by atoms with Gasteiger partial charge in [0.15, 0.2) is 0 Å². The SMILES string of the molecule is Cc1cc(Br)ccc1CN1CCNC(C)C1.Cl. The molecule has 0 spiro atoms. The fourth-order valence-electron chi connectivity index (χ4n) is 2.23. The van der Waals surface area contributed by atoms with Crippen LogP contribution in [0.25, 0.3) is 0 Å². The van der Waals surface area contributed by atoms with Crippen molar-refractivity contribution in [2.24, 2.45) is 0 Å². The van der Waals surface area contributed by atoms with Gasteiger partial charge in [0.05, 0.1) is 0 Å². The van der Waals surface area contributed by atoms with Crippen molar-refractivity contribution in [2.45, 2.75) is 26.4 Å². The third-order valence-electron chi connectivity index (χ3n) is 3.15. The van der Waals surface area contributed by atoms with Gasteiger partial charge in [-0.3, -0.25) is 4.90 Å². The van der Waals surface area contributed by atoms with Gasteiger partial charge in [0.2, 0.25) is 0 Å². The highest BCUT2D eigenvalue weighted by molar-refractivity contribution is 9.10. The van der Waals surface area contributed by atoms with Crippen LogP contribution in [0.4, 0.5) is 0 Å². The molecule has 1 aromatic carbocycles. The minimum absolute atomic E-state index is 0. The highest BCUT2D eigenvalue weighted by Gasteiger charge is 2.15. The summed E-state index contributed by atoms with van der Waals surface area (Å²) in [6, 6.07) is 7.17. The molecule has 2 rings (SSSR count). The van der Waals surface area contributed by atoms with Gasteiger partial charge in [-0.2, -0.15) is 0 Å². The first kappa shape index (κ1) is 15.0. The van der Waals surface area contributed by atoms with Crippen LogP contribution in [0, 0.1) is 6.92 Å². The average molecular weight is 320 g/mol. The summed E-state index contributed by atoms with van der Waals surface area (Å²) in [7, 11) is 0. The summed E-state index contributed by atoms with van der Waals surface area (Å²) in [4.78, 5) is 2.53.